The average Bonchev–Trinajstić information content (AvgIpc) is 2.85. The minimum Gasteiger partial charge on any atom is -0.391 e. The van der Waals surface area contributed by atoms with Crippen molar-refractivity contribution in [1.29, 1.82) is 0 Å². The summed E-state index contributed by atoms with van der Waals surface area (Å²) in [5.74, 6) is 1.30. The molecular weight excluding hydrogens is 268 g/mol. The van der Waals surface area contributed by atoms with E-state index in [4.69, 9.17) is 0 Å². The number of carbonyl (C=O) groups excluding carboxylic acids is 1. The van der Waals surface area contributed by atoms with Gasteiger partial charge in [-0.2, -0.15) is 0 Å². The van der Waals surface area contributed by atoms with Gasteiger partial charge in [0.2, 0.25) is 0 Å². The van der Waals surface area contributed by atoms with Crippen LogP contribution in [0.3, 0.4) is 0 Å². The van der Waals surface area contributed by atoms with Crippen LogP contribution in [0.1, 0.15) is 38.4 Å². The van der Waals surface area contributed by atoms with E-state index >= 15 is 0 Å². The van der Waals surface area contributed by atoms with Crippen LogP contribution in [-0.4, -0.2) is 39.4 Å². The number of carbonyl (C=O) groups is 1. The maximum Gasteiger partial charge on any atom is 0.315 e. The molecule has 0 aromatic carbocycles. The van der Waals surface area contributed by atoms with E-state index in [1.54, 1.807) is 6.20 Å². The Balaban J connectivity index is 1.69. The fraction of sp³-hybridized carbons (Fsp3) is 0.733. The molecule has 3 unspecified atom stereocenters. The van der Waals surface area contributed by atoms with E-state index in [1.807, 2.05) is 13.1 Å². The van der Waals surface area contributed by atoms with E-state index in [0.29, 0.717) is 12.5 Å². The molecular formula is C15H26N4O2. The van der Waals surface area contributed by atoms with Crippen LogP contribution in [0, 0.1) is 12.8 Å². The fourth-order valence-corrected chi connectivity index (χ4v) is 2.76. The van der Waals surface area contributed by atoms with Crippen molar-refractivity contribution < 1.29 is 9.90 Å². The van der Waals surface area contributed by atoms with E-state index in [1.165, 1.54) is 0 Å². The quantitative estimate of drug-likeness (QED) is 0.768. The van der Waals surface area contributed by atoms with Crippen LogP contribution in [0.5, 0.6) is 0 Å². The van der Waals surface area contributed by atoms with Crippen LogP contribution in [0.15, 0.2) is 12.4 Å². The number of rotatable bonds is 5. The Morgan fingerprint density at radius 1 is 1.52 bits per heavy atom. The van der Waals surface area contributed by atoms with Gasteiger partial charge in [-0.15, -0.1) is 0 Å². The van der Waals surface area contributed by atoms with Gasteiger partial charge in [0.05, 0.1) is 12.1 Å². The molecule has 1 heterocycles. The van der Waals surface area contributed by atoms with E-state index in [0.717, 1.165) is 38.1 Å². The lowest BCUT2D eigenvalue weighted by Gasteiger charge is -2.28. The van der Waals surface area contributed by atoms with E-state index in [-0.39, 0.29) is 12.1 Å². The Hall–Kier alpha value is -1.56. The van der Waals surface area contributed by atoms with Crippen molar-refractivity contribution in [1.82, 2.24) is 20.2 Å². The normalized spacial score (nSPS) is 23.6. The maximum atomic E-state index is 11.9. The first-order valence-electron chi connectivity index (χ1n) is 7.76. The summed E-state index contributed by atoms with van der Waals surface area (Å²) >= 11 is 0. The molecule has 0 radical (unpaired) electrons. The van der Waals surface area contributed by atoms with Gasteiger partial charge in [0, 0.05) is 25.5 Å². The van der Waals surface area contributed by atoms with Crippen molar-refractivity contribution >= 4 is 6.03 Å². The Labute approximate surface area is 125 Å². The van der Waals surface area contributed by atoms with E-state index in [2.05, 4.69) is 27.1 Å². The van der Waals surface area contributed by atoms with Gasteiger partial charge in [-0.25, -0.2) is 9.78 Å². The zero-order chi connectivity index (χ0) is 15.2. The zero-order valence-electron chi connectivity index (χ0n) is 12.9. The molecule has 6 nitrogen and oxygen atoms in total. The van der Waals surface area contributed by atoms with E-state index < -0.39 is 6.10 Å². The first-order valence-corrected chi connectivity index (χ1v) is 7.76. The van der Waals surface area contributed by atoms with Crippen LogP contribution in [0.25, 0.3) is 0 Å². The van der Waals surface area contributed by atoms with Crippen LogP contribution >= 0.6 is 0 Å². The molecule has 21 heavy (non-hydrogen) atoms. The summed E-state index contributed by atoms with van der Waals surface area (Å²) in [6.07, 6.45) is 7.08. The minimum atomic E-state index is -0.407. The van der Waals surface area contributed by atoms with Crippen LogP contribution in [0.2, 0.25) is 0 Å². The summed E-state index contributed by atoms with van der Waals surface area (Å²) in [5.41, 5.74) is 0. The molecule has 0 aliphatic heterocycles. The summed E-state index contributed by atoms with van der Waals surface area (Å²) in [5, 5.41) is 15.6. The molecule has 1 saturated carbocycles. The van der Waals surface area contributed by atoms with Crippen LogP contribution in [-0.2, 0) is 6.54 Å². The molecule has 1 aromatic rings. The largest absolute Gasteiger partial charge is 0.391 e. The number of aryl methyl sites for hydroxylation is 1. The molecule has 1 aromatic heterocycles. The Bertz CT molecular complexity index is 460. The summed E-state index contributed by atoms with van der Waals surface area (Å²) in [6, 6.07) is -0.292. The molecule has 6 heteroatoms. The van der Waals surface area contributed by atoms with Gasteiger partial charge in [-0.05, 0) is 25.7 Å². The average molecular weight is 294 g/mol. The lowest BCUT2D eigenvalue weighted by Crippen LogP contribution is -2.49. The second-order valence-corrected chi connectivity index (χ2v) is 6.04. The topological polar surface area (TPSA) is 79.2 Å². The minimum absolute atomic E-state index is 0.107. The zero-order valence-corrected chi connectivity index (χ0v) is 12.9. The van der Waals surface area contributed by atoms with Crippen LogP contribution < -0.4 is 10.6 Å². The summed E-state index contributed by atoms with van der Waals surface area (Å²) in [6.45, 7) is 5.50. The highest BCUT2D eigenvalue weighted by Crippen LogP contribution is 2.18. The second kappa shape index (κ2) is 7.45. The summed E-state index contributed by atoms with van der Waals surface area (Å²) < 4.78 is 2.08. The molecule has 0 bridgehead atoms. The molecule has 1 fully saturated rings. The van der Waals surface area contributed by atoms with Gasteiger partial charge in [0.1, 0.15) is 5.82 Å². The predicted molar refractivity (Wildman–Crippen MR) is 80.9 cm³/mol. The van der Waals surface area contributed by atoms with Crippen molar-refractivity contribution in [2.45, 2.75) is 58.2 Å². The molecule has 3 N–H and O–H groups in total. The Morgan fingerprint density at radius 3 is 2.95 bits per heavy atom. The van der Waals surface area contributed by atoms with Gasteiger partial charge in [-0.3, -0.25) is 0 Å². The highest BCUT2D eigenvalue weighted by atomic mass is 16.3. The highest BCUT2D eigenvalue weighted by Gasteiger charge is 2.24. The SMILES string of the molecule is Cc1nccn1CC(C)CNC(=O)NC1CCCCC1O. The highest BCUT2D eigenvalue weighted by molar-refractivity contribution is 5.74. The third kappa shape index (κ3) is 4.74. The van der Waals surface area contributed by atoms with Crippen LogP contribution in [0.4, 0.5) is 4.79 Å². The van der Waals surface area contributed by atoms with Crippen molar-refractivity contribution in [3.8, 4) is 0 Å². The number of hydrogen-bond acceptors (Lipinski definition) is 3. The van der Waals surface area contributed by atoms with Gasteiger partial charge in [-0.1, -0.05) is 19.8 Å². The van der Waals surface area contributed by atoms with Gasteiger partial charge >= 0.3 is 6.03 Å². The van der Waals surface area contributed by atoms with Crippen molar-refractivity contribution in [2.24, 2.45) is 5.92 Å². The van der Waals surface area contributed by atoms with Gasteiger partial charge in [0.25, 0.3) is 0 Å². The molecule has 1 aliphatic rings. The lowest BCUT2D eigenvalue weighted by molar-refractivity contribution is 0.0942. The Kier molecular flexibility index (Phi) is 5.61. The number of hydrogen-bond donors (Lipinski definition) is 3. The molecule has 118 valence electrons. The number of amides is 2. The number of nitrogens with one attached hydrogen (secondary N) is 2. The van der Waals surface area contributed by atoms with Gasteiger partial charge in [0.15, 0.2) is 0 Å². The number of aliphatic hydroxyl groups excluding tert-OH is 1. The molecule has 1 aliphatic carbocycles. The molecule has 0 spiro atoms. The number of imidazole rings is 1. The monoisotopic (exact) mass is 294 g/mol. The van der Waals surface area contributed by atoms with E-state index in [9.17, 15) is 9.90 Å². The standard InChI is InChI=1S/C15H26N4O2/c1-11(10-19-8-7-16-12(19)2)9-17-15(21)18-13-5-3-4-6-14(13)20/h7-8,11,13-14,20H,3-6,9-10H2,1-2H3,(H2,17,18,21). The predicted octanol–water partition coefficient (Wildman–Crippen LogP) is 1.43. The molecule has 2 rings (SSSR count). The first kappa shape index (κ1) is 15.8. The summed E-state index contributed by atoms with van der Waals surface area (Å²) in [7, 11) is 0. The third-order valence-electron chi connectivity index (χ3n) is 4.09. The van der Waals surface area contributed by atoms with Crippen molar-refractivity contribution in [3.63, 3.8) is 0 Å². The smallest absolute Gasteiger partial charge is 0.315 e. The maximum absolute atomic E-state index is 11.9. The molecule has 2 amide bonds. The molecule has 0 saturated heterocycles. The molecule has 3 atom stereocenters. The number of aliphatic hydroxyl groups is 1. The van der Waals surface area contributed by atoms with Crippen molar-refractivity contribution in [2.75, 3.05) is 6.54 Å². The number of nitrogens with zero attached hydrogens (tertiary/aromatic N) is 2. The summed E-state index contributed by atoms with van der Waals surface area (Å²) in [4.78, 5) is 16.1. The third-order valence-corrected chi connectivity index (χ3v) is 4.09. The first-order chi connectivity index (χ1) is 10.1. The number of urea groups is 1. The van der Waals surface area contributed by atoms with Crippen molar-refractivity contribution in [3.05, 3.63) is 18.2 Å². The fourth-order valence-electron chi connectivity index (χ4n) is 2.76. The number of aromatic nitrogens is 2. The van der Waals surface area contributed by atoms with Gasteiger partial charge < -0.3 is 20.3 Å². The lowest BCUT2D eigenvalue weighted by atomic mass is 9.93. The Morgan fingerprint density at radius 2 is 2.29 bits per heavy atom. The second-order valence-electron chi connectivity index (χ2n) is 6.04.